The van der Waals surface area contributed by atoms with Gasteiger partial charge in [-0.2, -0.15) is 0 Å². The smallest absolute Gasteiger partial charge is 0.326 e. The molecule has 0 aliphatic heterocycles. The van der Waals surface area contributed by atoms with E-state index in [-0.39, 0.29) is 50.5 Å². The number of carbonyl (C=O) groups is 13. The largest absolute Gasteiger partial charge is 0.481 e. The maximum atomic E-state index is 14.0. The number of aliphatic hydroxyl groups excluding tert-OH is 1. The summed E-state index contributed by atoms with van der Waals surface area (Å²) in [6, 6.07) is -6.81. The molecule has 0 aliphatic rings. The zero-order valence-electron chi connectivity index (χ0n) is 42.7. The molecule has 32 nitrogen and oxygen atoms in total. The Kier molecular flexibility index (Phi) is 27.1. The second-order valence-corrected chi connectivity index (χ2v) is 18.2. The van der Waals surface area contributed by atoms with E-state index in [1.165, 1.54) is 6.20 Å². The van der Waals surface area contributed by atoms with Crippen molar-refractivity contribution in [3.05, 3.63) is 36.0 Å². The van der Waals surface area contributed by atoms with Crippen LogP contribution < -0.4 is 71.2 Å². The minimum absolute atomic E-state index is 0.0120. The topological polar surface area (TPSA) is 557 Å². The molecule has 78 heavy (non-hydrogen) atoms. The number of carbonyl (C=O) groups excluding carboxylic acids is 10. The third-order valence-electron chi connectivity index (χ3n) is 11.3. The number of aliphatic carboxylic acids is 3. The molecule has 2 aromatic rings. The SMILES string of the molecule is CC(C)CC(NC(=O)C(Cc1c[nH]c2ccccc12)NC(=O)C(CC(=O)O)NC(=O)C(CCC(N)=O)NC(=O)C(CC(N)=O)NC(=O)C(CCCN=C(N)N)NC(=O)C(CO)NC(=O)CNC(=O)C(N)CCC(=O)O)C(=O)O. The third kappa shape index (κ3) is 23.7. The molecule has 2 rings (SSSR count). The van der Waals surface area contributed by atoms with Gasteiger partial charge in [0.2, 0.25) is 59.1 Å². The molecule has 0 saturated heterocycles. The van der Waals surface area contributed by atoms with E-state index >= 15 is 0 Å². The molecule has 1 aromatic carbocycles. The Morgan fingerprint density at radius 2 is 1.12 bits per heavy atom. The van der Waals surface area contributed by atoms with Crippen molar-refractivity contribution < 1.29 is 82.8 Å². The van der Waals surface area contributed by atoms with Crippen molar-refractivity contribution in [3.63, 3.8) is 0 Å². The van der Waals surface area contributed by atoms with E-state index in [0.717, 1.165) is 0 Å². The highest BCUT2D eigenvalue weighted by Gasteiger charge is 2.36. The number of para-hydroxylation sites is 1. The Balaban J connectivity index is 2.43. The summed E-state index contributed by atoms with van der Waals surface area (Å²) in [5, 5.41) is 57.0. The summed E-state index contributed by atoms with van der Waals surface area (Å²) in [5.41, 5.74) is 28.2. The lowest BCUT2D eigenvalue weighted by molar-refractivity contribution is -0.143. The van der Waals surface area contributed by atoms with Gasteiger partial charge in [0.1, 0.15) is 42.3 Å². The fourth-order valence-electron chi connectivity index (χ4n) is 7.33. The van der Waals surface area contributed by atoms with Crippen molar-refractivity contribution in [2.45, 2.75) is 126 Å². The van der Waals surface area contributed by atoms with E-state index < -0.39 is 171 Å². The molecule has 8 unspecified atom stereocenters. The zero-order chi connectivity index (χ0) is 58.8. The Labute approximate surface area is 444 Å². The Bertz CT molecular complexity index is 2530. The number of benzene rings is 1. The highest BCUT2D eigenvalue weighted by Crippen LogP contribution is 2.20. The standard InChI is InChI=1S/C46H69N15O17/c1-21(2)14-31(45(77)78)61-41(73)28(15-22-18-53-25-7-4-3-6-23(22)25)58-43(75)30(17-37(68)69)60-40(72)27(10-11-33(48)63)57-42(74)29(16-34(49)64)59-39(71)26(8-5-13-52-46(50)51)56-44(76)32(20-62)55-35(65)19-54-38(70)24(47)9-12-36(66)67/h3-4,6-7,18,21,24,26-32,53,62H,5,8-17,19-20,47H2,1-2H3,(H2,48,63)(H2,49,64)(H,54,70)(H,55,65)(H,56,76)(H,57,74)(H,58,75)(H,59,71)(H,60,72)(H,61,73)(H,66,67)(H,68,69)(H,77,78)(H4,50,51,52). The number of aliphatic imine (C=N–C) groups is 1. The van der Waals surface area contributed by atoms with Crippen molar-refractivity contribution in [1.29, 1.82) is 0 Å². The second kappa shape index (κ2) is 32.5. The van der Waals surface area contributed by atoms with Crippen LogP contribution >= 0.6 is 0 Å². The summed E-state index contributed by atoms with van der Waals surface area (Å²) in [5.74, 6) is -16.3. The molecule has 23 N–H and O–H groups in total. The monoisotopic (exact) mass is 1100 g/mol. The molecule has 0 spiro atoms. The van der Waals surface area contributed by atoms with Crippen molar-refractivity contribution in [2.75, 3.05) is 19.7 Å². The summed E-state index contributed by atoms with van der Waals surface area (Å²) in [6.45, 7) is 1.44. The van der Waals surface area contributed by atoms with Gasteiger partial charge < -0.3 is 96.6 Å². The van der Waals surface area contributed by atoms with E-state index in [2.05, 4.69) is 52.5 Å². The molecule has 0 fully saturated rings. The van der Waals surface area contributed by atoms with E-state index in [0.29, 0.717) is 16.5 Å². The lowest BCUT2D eigenvalue weighted by Crippen LogP contribution is -2.61. The van der Waals surface area contributed by atoms with Gasteiger partial charge in [-0.3, -0.25) is 62.5 Å². The first-order valence-electron chi connectivity index (χ1n) is 24.2. The van der Waals surface area contributed by atoms with Gasteiger partial charge in [-0.1, -0.05) is 32.0 Å². The van der Waals surface area contributed by atoms with Crippen molar-refractivity contribution >= 4 is 93.8 Å². The minimum Gasteiger partial charge on any atom is -0.481 e. The number of guanidine groups is 1. The predicted molar refractivity (Wildman–Crippen MR) is 272 cm³/mol. The number of H-pyrrole nitrogens is 1. The fourth-order valence-corrected chi connectivity index (χ4v) is 7.33. The molecular weight excluding hydrogens is 1030 g/mol. The molecule has 32 heteroatoms. The minimum atomic E-state index is -2.03. The number of rotatable bonds is 36. The molecule has 0 saturated carbocycles. The average molecular weight is 1100 g/mol. The number of amides is 10. The highest BCUT2D eigenvalue weighted by atomic mass is 16.4. The quantitative estimate of drug-likeness (QED) is 0.0171. The normalized spacial score (nSPS) is 14.0. The molecule has 1 aromatic heterocycles. The number of nitrogens with zero attached hydrogens (tertiary/aromatic N) is 1. The van der Waals surface area contributed by atoms with Crippen LogP contribution in [0.4, 0.5) is 0 Å². The Morgan fingerprint density at radius 3 is 1.65 bits per heavy atom. The summed E-state index contributed by atoms with van der Waals surface area (Å²) >= 11 is 0. The number of carboxylic acids is 3. The molecule has 430 valence electrons. The fraction of sp³-hybridized carbons (Fsp3) is 0.522. The lowest BCUT2D eigenvalue weighted by Gasteiger charge is -2.27. The van der Waals surface area contributed by atoms with Crippen molar-refractivity contribution in [2.24, 2.45) is 39.6 Å². The number of fused-ring (bicyclic) bond motifs is 1. The van der Waals surface area contributed by atoms with Gasteiger partial charge >= 0.3 is 17.9 Å². The van der Waals surface area contributed by atoms with E-state index in [1.54, 1.807) is 38.1 Å². The van der Waals surface area contributed by atoms with Crippen LogP contribution in [0.3, 0.4) is 0 Å². The molecule has 0 bridgehead atoms. The van der Waals surface area contributed by atoms with E-state index in [1.807, 2.05) is 0 Å². The van der Waals surface area contributed by atoms with Gasteiger partial charge in [-0.15, -0.1) is 0 Å². The number of aromatic nitrogens is 1. The van der Waals surface area contributed by atoms with Crippen LogP contribution in [0, 0.1) is 5.92 Å². The molecule has 8 atom stereocenters. The molecular formula is C46H69N15O17. The summed E-state index contributed by atoms with van der Waals surface area (Å²) in [7, 11) is 0. The van der Waals surface area contributed by atoms with Gasteiger partial charge in [0.05, 0.1) is 32.0 Å². The maximum absolute atomic E-state index is 14.0. The van der Waals surface area contributed by atoms with Crippen LogP contribution in [-0.2, 0) is 68.7 Å². The van der Waals surface area contributed by atoms with Crippen LogP contribution in [0.2, 0.25) is 0 Å². The number of nitrogens with two attached hydrogens (primary N) is 5. The van der Waals surface area contributed by atoms with Gasteiger partial charge in [-0.25, -0.2) is 4.79 Å². The predicted octanol–water partition coefficient (Wildman–Crippen LogP) is -6.80. The lowest BCUT2D eigenvalue weighted by atomic mass is 10.0. The molecule has 10 amide bonds. The van der Waals surface area contributed by atoms with Crippen LogP contribution in [-0.4, -0.2) is 176 Å². The Morgan fingerprint density at radius 1 is 0.590 bits per heavy atom. The second-order valence-electron chi connectivity index (χ2n) is 18.2. The van der Waals surface area contributed by atoms with E-state index in [9.17, 15) is 77.6 Å². The first-order chi connectivity index (χ1) is 36.6. The summed E-state index contributed by atoms with van der Waals surface area (Å²) in [6.07, 6.45) is -3.23. The van der Waals surface area contributed by atoms with Gasteiger partial charge in [0.15, 0.2) is 5.96 Å². The zero-order valence-corrected chi connectivity index (χ0v) is 42.7. The van der Waals surface area contributed by atoms with Crippen molar-refractivity contribution in [3.8, 4) is 0 Å². The van der Waals surface area contributed by atoms with Crippen LogP contribution in [0.1, 0.15) is 77.2 Å². The number of carboxylic acid groups (broad SMARTS) is 3. The molecule has 0 aliphatic carbocycles. The number of hydrogen-bond donors (Lipinski definition) is 18. The summed E-state index contributed by atoms with van der Waals surface area (Å²) in [4.78, 5) is 174. The van der Waals surface area contributed by atoms with Gasteiger partial charge in [0.25, 0.3) is 0 Å². The van der Waals surface area contributed by atoms with Crippen molar-refractivity contribution in [1.82, 2.24) is 47.5 Å². The average Bonchev–Trinajstić information content (AvgIpc) is 3.76. The van der Waals surface area contributed by atoms with Crippen LogP contribution in [0.15, 0.2) is 35.5 Å². The Hall–Kier alpha value is -8.94. The van der Waals surface area contributed by atoms with Gasteiger partial charge in [0, 0.05) is 42.9 Å². The summed E-state index contributed by atoms with van der Waals surface area (Å²) < 4.78 is 0. The maximum Gasteiger partial charge on any atom is 0.326 e. The number of aromatic amines is 1. The molecule has 1 heterocycles. The first-order valence-corrected chi connectivity index (χ1v) is 24.2. The van der Waals surface area contributed by atoms with E-state index in [4.69, 9.17) is 33.8 Å². The first kappa shape index (κ1) is 65.2. The number of nitrogens with one attached hydrogen (secondary N) is 9. The van der Waals surface area contributed by atoms with Crippen LogP contribution in [0.25, 0.3) is 10.9 Å². The van der Waals surface area contributed by atoms with Gasteiger partial charge in [-0.05, 0) is 49.7 Å². The third-order valence-corrected chi connectivity index (χ3v) is 11.3. The number of hydrogen-bond acceptors (Lipinski definition) is 16. The number of primary amides is 2. The van der Waals surface area contributed by atoms with Crippen LogP contribution in [0.5, 0.6) is 0 Å². The molecule has 0 radical (unpaired) electrons. The highest BCUT2D eigenvalue weighted by molar-refractivity contribution is 6.00. The number of aliphatic hydroxyl groups is 1.